The maximum absolute atomic E-state index is 10.6. The first-order chi connectivity index (χ1) is 6.31. The molecule has 68 valence electrons. The van der Waals surface area contributed by atoms with Crippen molar-refractivity contribution in [3.63, 3.8) is 0 Å². The lowest BCUT2D eigenvalue weighted by Crippen LogP contribution is -2.20. The van der Waals surface area contributed by atoms with Gasteiger partial charge in [0, 0.05) is 11.1 Å². The van der Waals surface area contributed by atoms with Crippen molar-refractivity contribution in [2.75, 3.05) is 0 Å². The molecule has 1 atom stereocenters. The second-order valence-electron chi connectivity index (χ2n) is 2.65. The number of carbonyl (C=O) groups is 1. The predicted octanol–water partition coefficient (Wildman–Crippen LogP) is 2.09. The second-order valence-corrected chi connectivity index (χ2v) is 3.39. The zero-order valence-electron chi connectivity index (χ0n) is 6.70. The maximum atomic E-state index is 10.6. The normalized spacial score (nSPS) is 20.2. The number of carbonyl (C=O) groups excluding carboxylic acids is 1. The number of halogens is 1. The SMILES string of the molecule is O=Cc1cccc2c1COC(Br)O2. The van der Waals surface area contributed by atoms with Gasteiger partial charge < -0.3 is 9.47 Å². The van der Waals surface area contributed by atoms with Gasteiger partial charge in [-0.25, -0.2) is 0 Å². The van der Waals surface area contributed by atoms with Crippen LogP contribution in [0.15, 0.2) is 18.2 Å². The molecule has 13 heavy (non-hydrogen) atoms. The van der Waals surface area contributed by atoms with Crippen molar-refractivity contribution in [2.24, 2.45) is 0 Å². The molecule has 1 aliphatic heterocycles. The molecule has 1 heterocycles. The molecule has 0 spiro atoms. The van der Waals surface area contributed by atoms with Gasteiger partial charge in [0.2, 0.25) is 0 Å². The van der Waals surface area contributed by atoms with Crippen LogP contribution in [0.2, 0.25) is 0 Å². The summed E-state index contributed by atoms with van der Waals surface area (Å²) in [5.74, 6) is 0.706. The van der Waals surface area contributed by atoms with Crippen molar-refractivity contribution in [2.45, 2.75) is 11.8 Å². The molecule has 1 aliphatic rings. The van der Waals surface area contributed by atoms with Gasteiger partial charge in [-0.1, -0.05) is 12.1 Å². The Labute approximate surface area is 83.8 Å². The molecule has 0 bridgehead atoms. The fraction of sp³-hybridized carbons (Fsp3) is 0.222. The van der Waals surface area contributed by atoms with Crippen LogP contribution in [-0.4, -0.2) is 11.5 Å². The summed E-state index contributed by atoms with van der Waals surface area (Å²) >= 11 is 3.17. The van der Waals surface area contributed by atoms with Gasteiger partial charge in [0.05, 0.1) is 6.61 Å². The van der Waals surface area contributed by atoms with Gasteiger partial charge in [0.15, 0.2) is 6.29 Å². The fourth-order valence-corrected chi connectivity index (χ4v) is 1.57. The first kappa shape index (κ1) is 8.72. The van der Waals surface area contributed by atoms with Crippen molar-refractivity contribution < 1.29 is 14.3 Å². The van der Waals surface area contributed by atoms with Gasteiger partial charge in [0.1, 0.15) is 5.75 Å². The monoisotopic (exact) mass is 242 g/mol. The van der Waals surface area contributed by atoms with E-state index in [9.17, 15) is 4.79 Å². The molecule has 1 aromatic rings. The summed E-state index contributed by atoms with van der Waals surface area (Å²) in [5, 5.41) is -0.415. The summed E-state index contributed by atoms with van der Waals surface area (Å²) in [5.41, 5.74) is 1.44. The summed E-state index contributed by atoms with van der Waals surface area (Å²) < 4.78 is 10.5. The first-order valence-electron chi connectivity index (χ1n) is 3.80. The predicted molar refractivity (Wildman–Crippen MR) is 50.0 cm³/mol. The summed E-state index contributed by atoms with van der Waals surface area (Å²) in [6, 6.07) is 5.35. The van der Waals surface area contributed by atoms with Gasteiger partial charge in [-0.3, -0.25) is 4.79 Å². The van der Waals surface area contributed by atoms with Crippen LogP contribution >= 0.6 is 15.9 Å². The molecule has 0 saturated heterocycles. The lowest BCUT2D eigenvalue weighted by molar-refractivity contribution is -0.0403. The Morgan fingerprint density at radius 3 is 3.15 bits per heavy atom. The average molecular weight is 243 g/mol. The molecule has 0 amide bonds. The number of benzene rings is 1. The topological polar surface area (TPSA) is 35.5 Å². The third-order valence-corrected chi connectivity index (χ3v) is 2.33. The third-order valence-electron chi connectivity index (χ3n) is 1.87. The molecule has 0 fully saturated rings. The van der Waals surface area contributed by atoms with Crippen LogP contribution < -0.4 is 4.74 Å². The van der Waals surface area contributed by atoms with Gasteiger partial charge in [-0.15, -0.1) is 0 Å². The van der Waals surface area contributed by atoms with Crippen LogP contribution in [0, 0.1) is 0 Å². The van der Waals surface area contributed by atoms with Gasteiger partial charge >= 0.3 is 0 Å². The number of alkyl halides is 1. The van der Waals surface area contributed by atoms with Gasteiger partial charge in [0.25, 0.3) is 5.20 Å². The molecule has 0 N–H and O–H groups in total. The zero-order chi connectivity index (χ0) is 9.26. The Hall–Kier alpha value is -0.870. The Morgan fingerprint density at radius 2 is 2.38 bits per heavy atom. The van der Waals surface area contributed by atoms with E-state index in [4.69, 9.17) is 9.47 Å². The highest BCUT2D eigenvalue weighted by Gasteiger charge is 2.19. The first-order valence-corrected chi connectivity index (χ1v) is 4.72. The molecule has 3 nitrogen and oxygen atoms in total. The summed E-state index contributed by atoms with van der Waals surface area (Å²) in [7, 11) is 0. The van der Waals surface area contributed by atoms with Gasteiger partial charge in [-0.05, 0) is 22.0 Å². The minimum Gasteiger partial charge on any atom is -0.454 e. The van der Waals surface area contributed by atoms with Crippen molar-refractivity contribution in [3.05, 3.63) is 29.3 Å². The van der Waals surface area contributed by atoms with Gasteiger partial charge in [-0.2, -0.15) is 0 Å². The van der Waals surface area contributed by atoms with E-state index in [2.05, 4.69) is 15.9 Å². The molecule has 1 unspecified atom stereocenters. The van der Waals surface area contributed by atoms with E-state index >= 15 is 0 Å². The highest BCUT2D eigenvalue weighted by molar-refractivity contribution is 9.09. The van der Waals surface area contributed by atoms with Crippen LogP contribution in [0.1, 0.15) is 15.9 Å². The highest BCUT2D eigenvalue weighted by Crippen LogP contribution is 2.29. The lowest BCUT2D eigenvalue weighted by atomic mass is 10.1. The lowest BCUT2D eigenvalue weighted by Gasteiger charge is -2.22. The molecular formula is C9H7BrO3. The number of rotatable bonds is 1. The quantitative estimate of drug-likeness (QED) is 0.559. The van der Waals surface area contributed by atoms with Crippen LogP contribution in [0.4, 0.5) is 0 Å². The van der Waals surface area contributed by atoms with Crippen LogP contribution in [-0.2, 0) is 11.3 Å². The Kier molecular flexibility index (Phi) is 2.33. The van der Waals surface area contributed by atoms with Crippen LogP contribution in [0.5, 0.6) is 5.75 Å². The number of ether oxygens (including phenoxy) is 2. The molecule has 4 heteroatoms. The van der Waals surface area contributed by atoms with Crippen LogP contribution in [0.3, 0.4) is 0 Å². The minimum absolute atomic E-state index is 0.403. The number of aldehydes is 1. The number of hydrogen-bond acceptors (Lipinski definition) is 3. The maximum Gasteiger partial charge on any atom is 0.257 e. The van der Waals surface area contributed by atoms with E-state index in [1.807, 2.05) is 6.07 Å². The Balaban J connectivity index is 2.45. The van der Waals surface area contributed by atoms with Crippen molar-refractivity contribution in [1.29, 1.82) is 0 Å². The fourth-order valence-electron chi connectivity index (χ4n) is 1.24. The average Bonchev–Trinajstić information content (AvgIpc) is 2.16. The Bertz CT molecular complexity index is 338. The molecular weight excluding hydrogens is 236 g/mol. The largest absolute Gasteiger partial charge is 0.454 e. The third kappa shape index (κ3) is 1.59. The minimum atomic E-state index is -0.415. The number of hydrogen-bond donors (Lipinski definition) is 0. The van der Waals surface area contributed by atoms with E-state index in [0.717, 1.165) is 11.8 Å². The molecule has 2 rings (SSSR count). The second kappa shape index (κ2) is 3.47. The molecule has 0 saturated carbocycles. The van der Waals surface area contributed by atoms with E-state index in [1.54, 1.807) is 12.1 Å². The summed E-state index contributed by atoms with van der Waals surface area (Å²) in [4.78, 5) is 10.6. The van der Waals surface area contributed by atoms with E-state index in [1.165, 1.54) is 0 Å². The Morgan fingerprint density at radius 1 is 1.54 bits per heavy atom. The molecule has 1 aromatic carbocycles. The van der Waals surface area contributed by atoms with E-state index in [0.29, 0.717) is 17.9 Å². The van der Waals surface area contributed by atoms with E-state index < -0.39 is 5.20 Å². The molecule has 0 aromatic heterocycles. The molecule has 0 radical (unpaired) electrons. The summed E-state index contributed by atoms with van der Waals surface area (Å²) in [6.45, 7) is 0.403. The summed E-state index contributed by atoms with van der Waals surface area (Å²) in [6.07, 6.45) is 0.806. The van der Waals surface area contributed by atoms with E-state index in [-0.39, 0.29) is 0 Å². The highest BCUT2D eigenvalue weighted by atomic mass is 79.9. The van der Waals surface area contributed by atoms with Crippen molar-refractivity contribution in [1.82, 2.24) is 0 Å². The zero-order valence-corrected chi connectivity index (χ0v) is 8.28. The number of fused-ring (bicyclic) bond motifs is 1. The van der Waals surface area contributed by atoms with Crippen molar-refractivity contribution in [3.8, 4) is 5.75 Å². The van der Waals surface area contributed by atoms with Crippen LogP contribution in [0.25, 0.3) is 0 Å². The molecule has 0 aliphatic carbocycles. The van der Waals surface area contributed by atoms with Crippen molar-refractivity contribution >= 4 is 22.2 Å². The standard InChI is InChI=1S/C9H7BrO3/c10-9-12-5-7-6(4-11)2-1-3-8(7)13-9/h1-4,9H,5H2. The smallest absolute Gasteiger partial charge is 0.257 e.